The molecule has 5 N–H and O–H groups in total. The molecule has 0 radical (unpaired) electrons. The zero-order chi connectivity index (χ0) is 14.9. The fourth-order valence-corrected chi connectivity index (χ4v) is 2.22. The summed E-state index contributed by atoms with van der Waals surface area (Å²) in [4.78, 5) is 11.5. The third-order valence-electron chi connectivity index (χ3n) is 2.82. The van der Waals surface area contributed by atoms with E-state index in [1.165, 1.54) is 6.07 Å². The SMILES string of the molecule is Cc1ccc(Nc2c(Cl)cc(N)cc2C(N)=O)cc1Cl. The highest BCUT2D eigenvalue weighted by atomic mass is 35.5. The van der Waals surface area contributed by atoms with E-state index < -0.39 is 5.91 Å². The monoisotopic (exact) mass is 309 g/mol. The summed E-state index contributed by atoms with van der Waals surface area (Å²) in [6.45, 7) is 1.90. The third kappa shape index (κ3) is 2.98. The molecule has 104 valence electrons. The number of anilines is 3. The minimum Gasteiger partial charge on any atom is -0.399 e. The van der Waals surface area contributed by atoms with E-state index in [2.05, 4.69) is 5.32 Å². The number of primary amides is 1. The molecule has 0 aliphatic heterocycles. The standard InChI is InChI=1S/C14H13Cl2N3O/c1-7-2-3-9(6-11(7)15)19-13-10(14(18)20)4-8(17)5-12(13)16/h2-6,19H,17H2,1H3,(H2,18,20). The number of nitrogens with one attached hydrogen (secondary N) is 1. The van der Waals surface area contributed by atoms with Crippen LogP contribution in [-0.2, 0) is 0 Å². The number of carbonyl (C=O) groups is 1. The maximum Gasteiger partial charge on any atom is 0.250 e. The van der Waals surface area contributed by atoms with Crippen LogP contribution in [0.5, 0.6) is 0 Å². The van der Waals surface area contributed by atoms with Crippen molar-refractivity contribution in [1.29, 1.82) is 0 Å². The first kappa shape index (κ1) is 14.5. The van der Waals surface area contributed by atoms with E-state index in [0.29, 0.717) is 27.1 Å². The van der Waals surface area contributed by atoms with Crippen molar-refractivity contribution in [3.8, 4) is 0 Å². The van der Waals surface area contributed by atoms with Gasteiger partial charge in [0.15, 0.2) is 0 Å². The molecule has 1 amide bonds. The minimum atomic E-state index is -0.611. The number of amides is 1. The van der Waals surface area contributed by atoms with Gasteiger partial charge in [0.25, 0.3) is 5.91 Å². The molecule has 2 aromatic rings. The average molecular weight is 310 g/mol. The molecule has 0 aliphatic rings. The Hall–Kier alpha value is -1.91. The van der Waals surface area contributed by atoms with Crippen LogP contribution in [0.1, 0.15) is 15.9 Å². The largest absolute Gasteiger partial charge is 0.399 e. The maximum atomic E-state index is 11.5. The van der Waals surface area contributed by atoms with E-state index in [0.717, 1.165) is 5.56 Å². The van der Waals surface area contributed by atoms with Gasteiger partial charge in [-0.25, -0.2) is 0 Å². The highest BCUT2D eigenvalue weighted by Crippen LogP contribution is 2.32. The molecule has 0 bridgehead atoms. The van der Waals surface area contributed by atoms with Gasteiger partial charge in [-0.05, 0) is 36.8 Å². The van der Waals surface area contributed by atoms with E-state index in [4.69, 9.17) is 34.7 Å². The highest BCUT2D eigenvalue weighted by Gasteiger charge is 2.14. The number of aryl methyl sites for hydroxylation is 1. The van der Waals surface area contributed by atoms with E-state index >= 15 is 0 Å². The second-order valence-electron chi connectivity index (χ2n) is 4.38. The fourth-order valence-electron chi connectivity index (χ4n) is 1.76. The first-order chi connectivity index (χ1) is 9.38. The molecule has 0 saturated carbocycles. The van der Waals surface area contributed by atoms with E-state index in [1.54, 1.807) is 12.1 Å². The van der Waals surface area contributed by atoms with Gasteiger partial charge < -0.3 is 16.8 Å². The molecule has 6 heteroatoms. The fraction of sp³-hybridized carbons (Fsp3) is 0.0714. The summed E-state index contributed by atoms with van der Waals surface area (Å²) in [7, 11) is 0. The zero-order valence-corrected chi connectivity index (χ0v) is 12.2. The lowest BCUT2D eigenvalue weighted by atomic mass is 10.1. The lowest BCUT2D eigenvalue weighted by Gasteiger charge is -2.13. The molecule has 0 aliphatic carbocycles. The van der Waals surface area contributed by atoms with Gasteiger partial charge in [-0.2, -0.15) is 0 Å². The Balaban J connectivity index is 2.47. The Labute approximate surface area is 126 Å². The first-order valence-corrected chi connectivity index (χ1v) is 6.56. The number of rotatable bonds is 3. The molecule has 4 nitrogen and oxygen atoms in total. The molecule has 0 atom stereocenters. The van der Waals surface area contributed by atoms with Crippen LogP contribution in [0.2, 0.25) is 10.0 Å². The molecule has 2 rings (SSSR count). The zero-order valence-electron chi connectivity index (χ0n) is 10.7. The highest BCUT2D eigenvalue weighted by molar-refractivity contribution is 6.34. The predicted molar refractivity (Wildman–Crippen MR) is 83.9 cm³/mol. The number of halogens is 2. The summed E-state index contributed by atoms with van der Waals surface area (Å²) in [6.07, 6.45) is 0. The number of benzene rings is 2. The molecule has 0 fully saturated rings. The van der Waals surface area contributed by atoms with Crippen molar-refractivity contribution in [2.24, 2.45) is 5.73 Å². The molecule has 0 spiro atoms. The van der Waals surface area contributed by atoms with Crippen LogP contribution >= 0.6 is 23.2 Å². The van der Waals surface area contributed by atoms with Crippen LogP contribution in [0.4, 0.5) is 17.1 Å². The molecule has 0 heterocycles. The van der Waals surface area contributed by atoms with E-state index in [-0.39, 0.29) is 5.56 Å². The molecule has 0 aromatic heterocycles. The maximum absolute atomic E-state index is 11.5. The summed E-state index contributed by atoms with van der Waals surface area (Å²) in [6, 6.07) is 8.46. The van der Waals surface area contributed by atoms with Gasteiger partial charge in [0, 0.05) is 16.4 Å². The summed E-state index contributed by atoms with van der Waals surface area (Å²) in [5.41, 5.74) is 13.7. The topological polar surface area (TPSA) is 81.1 Å². The van der Waals surface area contributed by atoms with Gasteiger partial charge in [-0.3, -0.25) is 4.79 Å². The lowest BCUT2D eigenvalue weighted by Crippen LogP contribution is -2.14. The second-order valence-corrected chi connectivity index (χ2v) is 5.19. The molecule has 2 aromatic carbocycles. The van der Waals surface area contributed by atoms with Crippen molar-refractivity contribution < 1.29 is 4.79 Å². The van der Waals surface area contributed by atoms with Crippen LogP contribution in [0.25, 0.3) is 0 Å². The Morgan fingerprint density at radius 3 is 2.45 bits per heavy atom. The van der Waals surface area contributed by atoms with Gasteiger partial charge in [0.2, 0.25) is 0 Å². The predicted octanol–water partition coefficient (Wildman–Crippen LogP) is 3.73. The third-order valence-corrected chi connectivity index (χ3v) is 3.52. The Morgan fingerprint density at radius 2 is 1.85 bits per heavy atom. The molecular weight excluding hydrogens is 297 g/mol. The van der Waals surface area contributed by atoms with Crippen molar-refractivity contribution in [3.63, 3.8) is 0 Å². The minimum absolute atomic E-state index is 0.228. The number of nitrogens with two attached hydrogens (primary N) is 2. The van der Waals surface area contributed by atoms with Gasteiger partial charge >= 0.3 is 0 Å². The summed E-state index contributed by atoms with van der Waals surface area (Å²) < 4.78 is 0. The molecular formula is C14H13Cl2N3O. The second kappa shape index (κ2) is 5.61. The number of hydrogen-bond acceptors (Lipinski definition) is 3. The summed E-state index contributed by atoms with van der Waals surface area (Å²) >= 11 is 12.2. The Bertz CT molecular complexity index is 686. The van der Waals surface area contributed by atoms with Crippen LogP contribution in [0, 0.1) is 6.92 Å². The van der Waals surface area contributed by atoms with Crippen molar-refractivity contribution in [2.45, 2.75) is 6.92 Å². The smallest absolute Gasteiger partial charge is 0.250 e. The van der Waals surface area contributed by atoms with E-state index in [9.17, 15) is 4.79 Å². The molecule has 0 unspecified atom stereocenters. The first-order valence-electron chi connectivity index (χ1n) is 5.80. The normalized spacial score (nSPS) is 10.3. The number of nitrogen functional groups attached to an aromatic ring is 1. The lowest BCUT2D eigenvalue weighted by molar-refractivity contribution is 0.100. The van der Waals surface area contributed by atoms with Gasteiger partial charge in [0.05, 0.1) is 16.3 Å². The Kier molecular flexibility index (Phi) is 4.06. The number of hydrogen-bond donors (Lipinski definition) is 3. The molecule has 20 heavy (non-hydrogen) atoms. The van der Waals surface area contributed by atoms with Crippen molar-refractivity contribution in [1.82, 2.24) is 0 Å². The van der Waals surface area contributed by atoms with Crippen molar-refractivity contribution in [3.05, 3.63) is 51.5 Å². The number of carbonyl (C=O) groups excluding carboxylic acids is 1. The Morgan fingerprint density at radius 1 is 1.15 bits per heavy atom. The van der Waals surface area contributed by atoms with Crippen LogP contribution in [-0.4, -0.2) is 5.91 Å². The van der Waals surface area contributed by atoms with Crippen molar-refractivity contribution >= 4 is 46.2 Å². The van der Waals surface area contributed by atoms with Crippen LogP contribution in [0.15, 0.2) is 30.3 Å². The summed E-state index contributed by atoms with van der Waals surface area (Å²) in [5.74, 6) is -0.611. The summed E-state index contributed by atoms with van der Waals surface area (Å²) in [5, 5.41) is 3.97. The van der Waals surface area contributed by atoms with Gasteiger partial charge in [-0.15, -0.1) is 0 Å². The van der Waals surface area contributed by atoms with Gasteiger partial charge in [-0.1, -0.05) is 29.3 Å². The van der Waals surface area contributed by atoms with Gasteiger partial charge in [0.1, 0.15) is 0 Å². The van der Waals surface area contributed by atoms with Crippen LogP contribution in [0.3, 0.4) is 0 Å². The molecule has 0 saturated heterocycles. The van der Waals surface area contributed by atoms with E-state index in [1.807, 2.05) is 19.1 Å². The van der Waals surface area contributed by atoms with Crippen molar-refractivity contribution in [2.75, 3.05) is 11.1 Å². The quantitative estimate of drug-likeness (QED) is 0.756. The van der Waals surface area contributed by atoms with Crippen LogP contribution < -0.4 is 16.8 Å². The average Bonchev–Trinajstić information content (AvgIpc) is 2.36.